The Morgan fingerprint density at radius 3 is 2.79 bits per heavy atom. The van der Waals surface area contributed by atoms with Gasteiger partial charge >= 0.3 is 0 Å². The highest BCUT2D eigenvalue weighted by Crippen LogP contribution is 2.19. The van der Waals surface area contributed by atoms with Gasteiger partial charge in [-0.25, -0.2) is 4.98 Å². The molecule has 80 valence electrons. The molecule has 0 amide bonds. The van der Waals surface area contributed by atoms with Crippen molar-refractivity contribution in [2.75, 3.05) is 5.75 Å². The lowest BCUT2D eigenvalue weighted by Gasteiger charge is -2.13. The van der Waals surface area contributed by atoms with Gasteiger partial charge in [-0.2, -0.15) is 11.8 Å². The van der Waals surface area contributed by atoms with Crippen LogP contribution in [0.5, 0.6) is 0 Å². The van der Waals surface area contributed by atoms with Crippen molar-refractivity contribution in [1.82, 2.24) is 4.98 Å². The van der Waals surface area contributed by atoms with E-state index in [0.717, 1.165) is 17.9 Å². The van der Waals surface area contributed by atoms with Crippen LogP contribution in [0, 0.1) is 6.92 Å². The fourth-order valence-corrected chi connectivity index (χ4v) is 2.93. The van der Waals surface area contributed by atoms with E-state index in [4.69, 9.17) is 0 Å². The number of aromatic nitrogens is 1. The van der Waals surface area contributed by atoms with Crippen molar-refractivity contribution in [2.24, 2.45) is 0 Å². The molecule has 2 atom stereocenters. The number of thiazole rings is 1. The third-order valence-electron chi connectivity index (χ3n) is 2.23. The van der Waals surface area contributed by atoms with E-state index in [2.05, 4.69) is 18.8 Å². The maximum absolute atomic E-state index is 9.30. The molecule has 1 aromatic heterocycles. The molecule has 1 N–H and O–H groups in total. The number of aliphatic hydroxyl groups excluding tert-OH is 1. The lowest BCUT2D eigenvalue weighted by molar-refractivity contribution is 0.196. The molecular weight excluding hydrogens is 214 g/mol. The van der Waals surface area contributed by atoms with E-state index in [9.17, 15) is 5.11 Å². The minimum atomic E-state index is -0.220. The van der Waals surface area contributed by atoms with Crippen LogP contribution in [0.1, 0.15) is 24.4 Å². The van der Waals surface area contributed by atoms with Gasteiger partial charge in [-0.05, 0) is 26.0 Å². The fourth-order valence-electron chi connectivity index (χ4n) is 1.04. The van der Waals surface area contributed by atoms with Crippen molar-refractivity contribution in [3.05, 3.63) is 16.1 Å². The van der Waals surface area contributed by atoms with Crippen molar-refractivity contribution >= 4 is 23.1 Å². The van der Waals surface area contributed by atoms with Crippen molar-refractivity contribution in [3.63, 3.8) is 0 Å². The van der Waals surface area contributed by atoms with Crippen LogP contribution >= 0.6 is 23.1 Å². The second kappa shape index (κ2) is 5.73. The number of hydrogen-bond acceptors (Lipinski definition) is 4. The molecule has 1 aromatic rings. The third kappa shape index (κ3) is 3.59. The summed E-state index contributed by atoms with van der Waals surface area (Å²) in [6.45, 7) is 5.96. The van der Waals surface area contributed by atoms with Gasteiger partial charge in [-0.15, -0.1) is 11.3 Å². The van der Waals surface area contributed by atoms with Crippen LogP contribution in [-0.4, -0.2) is 27.2 Å². The van der Waals surface area contributed by atoms with Gasteiger partial charge in [0.1, 0.15) is 0 Å². The molecule has 0 saturated heterocycles. The summed E-state index contributed by atoms with van der Waals surface area (Å²) in [5.41, 5.74) is 3.05. The minimum absolute atomic E-state index is 0.220. The lowest BCUT2D eigenvalue weighted by atomic mass is 10.3. The monoisotopic (exact) mass is 231 g/mol. The van der Waals surface area contributed by atoms with Crippen LogP contribution in [0.3, 0.4) is 0 Å². The molecule has 0 aliphatic carbocycles. The molecule has 0 aliphatic heterocycles. The molecule has 0 aromatic carbocycles. The van der Waals surface area contributed by atoms with Gasteiger partial charge in [0.25, 0.3) is 0 Å². The highest BCUT2D eigenvalue weighted by molar-refractivity contribution is 7.99. The molecule has 14 heavy (non-hydrogen) atoms. The number of rotatable bonds is 5. The maximum Gasteiger partial charge on any atom is 0.0797 e. The Hall–Kier alpha value is -0.0600. The van der Waals surface area contributed by atoms with E-state index in [0.29, 0.717) is 5.25 Å². The van der Waals surface area contributed by atoms with Gasteiger partial charge in [0.2, 0.25) is 0 Å². The zero-order chi connectivity index (χ0) is 10.6. The fraction of sp³-hybridized carbons (Fsp3) is 0.700. The Labute approximate surface area is 93.8 Å². The molecule has 0 fully saturated rings. The summed E-state index contributed by atoms with van der Waals surface area (Å²) < 4.78 is 0. The molecule has 2 unspecified atom stereocenters. The van der Waals surface area contributed by atoms with Crippen molar-refractivity contribution in [1.29, 1.82) is 0 Å². The molecule has 0 saturated carbocycles. The number of aryl methyl sites for hydroxylation is 2. The smallest absolute Gasteiger partial charge is 0.0797 e. The number of nitrogens with zero attached hydrogens (tertiary/aromatic N) is 1. The summed E-state index contributed by atoms with van der Waals surface area (Å²) in [6, 6.07) is 0. The lowest BCUT2D eigenvalue weighted by Crippen LogP contribution is -2.15. The van der Waals surface area contributed by atoms with E-state index < -0.39 is 0 Å². The molecule has 4 heteroatoms. The highest BCUT2D eigenvalue weighted by atomic mass is 32.2. The number of hydrogen-bond donors (Lipinski definition) is 1. The Kier molecular flexibility index (Phi) is 4.92. The van der Waals surface area contributed by atoms with Crippen molar-refractivity contribution < 1.29 is 5.11 Å². The molecular formula is C10H17NOS2. The summed E-state index contributed by atoms with van der Waals surface area (Å²) >= 11 is 3.54. The van der Waals surface area contributed by atoms with E-state index in [-0.39, 0.29) is 6.10 Å². The van der Waals surface area contributed by atoms with Gasteiger partial charge in [0.15, 0.2) is 0 Å². The predicted octanol–water partition coefficient (Wildman–Crippen LogP) is 2.50. The van der Waals surface area contributed by atoms with Crippen LogP contribution in [-0.2, 0) is 6.42 Å². The quantitative estimate of drug-likeness (QED) is 0.845. The van der Waals surface area contributed by atoms with E-state index >= 15 is 0 Å². The first kappa shape index (κ1) is 12.0. The van der Waals surface area contributed by atoms with Crippen LogP contribution in [0.25, 0.3) is 0 Å². The van der Waals surface area contributed by atoms with Crippen LogP contribution in [0.4, 0.5) is 0 Å². The average Bonchev–Trinajstić information content (AvgIpc) is 2.51. The van der Waals surface area contributed by atoms with Gasteiger partial charge < -0.3 is 5.11 Å². The SMILES string of the molecule is Cc1ncsc1CCSC(C)C(C)O. The standard InChI is InChI=1S/C10H17NOS2/c1-7-10(14-6-11-7)4-5-13-9(3)8(2)12/h6,8-9,12H,4-5H2,1-3H3. The van der Waals surface area contributed by atoms with Gasteiger partial charge in [0.05, 0.1) is 17.3 Å². The summed E-state index contributed by atoms with van der Waals surface area (Å²) in [5, 5.41) is 9.62. The maximum atomic E-state index is 9.30. The normalized spacial score (nSPS) is 15.4. The van der Waals surface area contributed by atoms with Crippen LogP contribution < -0.4 is 0 Å². The Balaban J connectivity index is 2.25. The Morgan fingerprint density at radius 1 is 1.57 bits per heavy atom. The van der Waals surface area contributed by atoms with Gasteiger partial charge in [-0.3, -0.25) is 0 Å². The first-order valence-corrected chi connectivity index (χ1v) is 6.72. The minimum Gasteiger partial charge on any atom is -0.392 e. The third-order valence-corrected chi connectivity index (χ3v) is 4.59. The Morgan fingerprint density at radius 2 is 2.29 bits per heavy atom. The summed E-state index contributed by atoms with van der Waals surface area (Å²) in [4.78, 5) is 5.58. The molecule has 0 bridgehead atoms. The van der Waals surface area contributed by atoms with Gasteiger partial charge in [0, 0.05) is 10.1 Å². The molecule has 0 radical (unpaired) electrons. The number of thioether (sulfide) groups is 1. The zero-order valence-electron chi connectivity index (χ0n) is 8.86. The molecule has 0 spiro atoms. The largest absolute Gasteiger partial charge is 0.392 e. The highest BCUT2D eigenvalue weighted by Gasteiger charge is 2.09. The van der Waals surface area contributed by atoms with Crippen molar-refractivity contribution in [2.45, 2.75) is 38.5 Å². The predicted molar refractivity (Wildman–Crippen MR) is 64.2 cm³/mol. The summed E-state index contributed by atoms with van der Waals surface area (Å²) in [5.74, 6) is 1.06. The summed E-state index contributed by atoms with van der Waals surface area (Å²) in [6.07, 6.45) is 0.848. The zero-order valence-corrected chi connectivity index (χ0v) is 10.5. The van der Waals surface area contributed by atoms with E-state index in [1.807, 2.05) is 24.2 Å². The average molecular weight is 231 g/mol. The summed E-state index contributed by atoms with van der Waals surface area (Å²) in [7, 11) is 0. The first-order chi connectivity index (χ1) is 6.61. The Bertz CT molecular complexity index is 273. The van der Waals surface area contributed by atoms with Crippen molar-refractivity contribution in [3.8, 4) is 0 Å². The van der Waals surface area contributed by atoms with Gasteiger partial charge in [-0.1, -0.05) is 6.92 Å². The topological polar surface area (TPSA) is 33.1 Å². The van der Waals surface area contributed by atoms with Crippen LogP contribution in [0.2, 0.25) is 0 Å². The number of aliphatic hydroxyl groups is 1. The second-order valence-corrected chi connectivity index (χ2v) is 5.85. The molecule has 2 nitrogen and oxygen atoms in total. The van der Waals surface area contributed by atoms with E-state index in [1.54, 1.807) is 11.3 Å². The van der Waals surface area contributed by atoms with Crippen LogP contribution in [0.15, 0.2) is 5.51 Å². The van der Waals surface area contributed by atoms with E-state index in [1.165, 1.54) is 4.88 Å². The second-order valence-electron chi connectivity index (χ2n) is 3.43. The molecule has 1 rings (SSSR count). The molecule has 1 heterocycles. The first-order valence-electron chi connectivity index (χ1n) is 4.80. The molecule has 0 aliphatic rings.